The summed E-state index contributed by atoms with van der Waals surface area (Å²) in [5, 5.41) is 10.7. The smallest absolute Gasteiger partial charge is 0.224 e. The van der Waals surface area contributed by atoms with Crippen LogP contribution >= 0.6 is 0 Å². The fourth-order valence-corrected chi connectivity index (χ4v) is 6.97. The molecule has 7 nitrogen and oxygen atoms in total. The standard InChI is InChI=1S/C26H30N6O/c1-17-28-23(12-24(29-17)32-8-2-7-27-32)30-21-3-5-22(6-4-21)31-25(33)16-26-13-18-9-19(14-26)11-20(10-18)15-26/h2-8,12,18-20H,9-11,13-16H2,1H3,(H,31,33)(H,28,29,30). The van der Waals surface area contributed by atoms with Crippen molar-refractivity contribution in [3.63, 3.8) is 0 Å². The van der Waals surface area contributed by atoms with Crippen LogP contribution in [0.1, 0.15) is 50.8 Å². The Balaban J connectivity index is 1.10. The molecule has 0 atom stereocenters. The van der Waals surface area contributed by atoms with Crippen LogP contribution in [-0.4, -0.2) is 25.7 Å². The molecule has 0 spiro atoms. The average Bonchev–Trinajstić information content (AvgIpc) is 3.28. The molecular weight excluding hydrogens is 412 g/mol. The molecule has 4 bridgehead atoms. The first-order valence-electron chi connectivity index (χ1n) is 12.0. The summed E-state index contributed by atoms with van der Waals surface area (Å²) in [4.78, 5) is 21.8. The van der Waals surface area contributed by atoms with Gasteiger partial charge in [-0.25, -0.2) is 14.6 Å². The van der Waals surface area contributed by atoms with E-state index < -0.39 is 0 Å². The Bertz CT molecular complexity index is 1120. The van der Waals surface area contributed by atoms with Crippen molar-refractivity contribution in [3.8, 4) is 5.82 Å². The molecular formula is C26H30N6O. The number of hydrogen-bond donors (Lipinski definition) is 2. The molecule has 2 heterocycles. The van der Waals surface area contributed by atoms with E-state index in [1.165, 1.54) is 38.5 Å². The molecule has 0 unspecified atom stereocenters. The molecule has 7 rings (SSSR count). The fraction of sp³-hybridized carbons (Fsp3) is 0.462. The first-order valence-corrected chi connectivity index (χ1v) is 12.0. The van der Waals surface area contributed by atoms with E-state index in [9.17, 15) is 4.79 Å². The predicted molar refractivity (Wildman–Crippen MR) is 127 cm³/mol. The first kappa shape index (κ1) is 20.4. The van der Waals surface area contributed by atoms with E-state index in [0.29, 0.717) is 23.9 Å². The largest absolute Gasteiger partial charge is 0.340 e. The second-order valence-electron chi connectivity index (χ2n) is 10.5. The fourth-order valence-electron chi connectivity index (χ4n) is 6.97. The van der Waals surface area contributed by atoms with Gasteiger partial charge >= 0.3 is 0 Å². The van der Waals surface area contributed by atoms with Crippen LogP contribution in [0.25, 0.3) is 5.82 Å². The quantitative estimate of drug-likeness (QED) is 0.544. The molecule has 7 heteroatoms. The van der Waals surface area contributed by atoms with Gasteiger partial charge in [-0.15, -0.1) is 0 Å². The van der Waals surface area contributed by atoms with Crippen molar-refractivity contribution < 1.29 is 4.79 Å². The number of amides is 1. The highest BCUT2D eigenvalue weighted by atomic mass is 16.1. The highest BCUT2D eigenvalue weighted by molar-refractivity contribution is 5.91. The molecule has 0 aliphatic heterocycles. The number of aromatic nitrogens is 4. The van der Waals surface area contributed by atoms with Crippen molar-refractivity contribution in [2.45, 2.75) is 51.9 Å². The normalized spacial score (nSPS) is 27.5. The van der Waals surface area contributed by atoms with E-state index in [1.807, 2.05) is 49.5 Å². The summed E-state index contributed by atoms with van der Waals surface area (Å²) in [7, 11) is 0. The number of hydrogen-bond acceptors (Lipinski definition) is 5. The molecule has 4 fully saturated rings. The second-order valence-corrected chi connectivity index (χ2v) is 10.5. The van der Waals surface area contributed by atoms with Crippen LogP contribution < -0.4 is 10.6 Å². The lowest BCUT2D eigenvalue weighted by atomic mass is 9.49. The van der Waals surface area contributed by atoms with Crippen LogP contribution in [0.2, 0.25) is 0 Å². The van der Waals surface area contributed by atoms with Gasteiger partial charge in [0.15, 0.2) is 5.82 Å². The van der Waals surface area contributed by atoms with Gasteiger partial charge in [0.25, 0.3) is 0 Å². The van der Waals surface area contributed by atoms with Gasteiger partial charge in [0, 0.05) is 36.3 Å². The zero-order chi connectivity index (χ0) is 22.4. The summed E-state index contributed by atoms with van der Waals surface area (Å²) < 4.78 is 1.71. The van der Waals surface area contributed by atoms with Crippen LogP contribution in [0.4, 0.5) is 17.2 Å². The minimum atomic E-state index is 0.160. The highest BCUT2D eigenvalue weighted by Crippen LogP contribution is 2.61. The van der Waals surface area contributed by atoms with Gasteiger partial charge in [0.1, 0.15) is 11.6 Å². The lowest BCUT2D eigenvalue weighted by Gasteiger charge is -2.56. The summed E-state index contributed by atoms with van der Waals surface area (Å²) in [6.45, 7) is 1.86. The summed E-state index contributed by atoms with van der Waals surface area (Å²) in [5.74, 6) is 4.85. The molecule has 0 saturated heterocycles. The Morgan fingerprint density at radius 3 is 2.33 bits per heavy atom. The highest BCUT2D eigenvalue weighted by Gasteiger charge is 2.51. The zero-order valence-electron chi connectivity index (χ0n) is 19.0. The van der Waals surface area contributed by atoms with Crippen molar-refractivity contribution in [2.24, 2.45) is 23.2 Å². The molecule has 33 heavy (non-hydrogen) atoms. The number of carbonyl (C=O) groups excluding carboxylic acids is 1. The topological polar surface area (TPSA) is 84.7 Å². The van der Waals surface area contributed by atoms with Gasteiger partial charge in [-0.05, 0) is 98.9 Å². The third-order valence-electron chi connectivity index (χ3n) is 7.71. The van der Waals surface area contributed by atoms with Crippen molar-refractivity contribution in [1.82, 2.24) is 19.7 Å². The maximum atomic E-state index is 12.9. The third kappa shape index (κ3) is 4.24. The third-order valence-corrected chi connectivity index (χ3v) is 7.71. The number of rotatable bonds is 6. The van der Waals surface area contributed by atoms with Crippen LogP contribution in [0.3, 0.4) is 0 Å². The lowest BCUT2D eigenvalue weighted by molar-refractivity contribution is -0.124. The van der Waals surface area contributed by atoms with Gasteiger partial charge in [0.05, 0.1) is 0 Å². The Labute approximate surface area is 194 Å². The maximum absolute atomic E-state index is 12.9. The molecule has 4 saturated carbocycles. The molecule has 170 valence electrons. The van der Waals surface area contributed by atoms with E-state index >= 15 is 0 Å². The minimum absolute atomic E-state index is 0.160. The second kappa shape index (κ2) is 7.97. The molecule has 0 radical (unpaired) electrons. The van der Waals surface area contributed by atoms with Crippen LogP contribution in [-0.2, 0) is 4.79 Å². The van der Waals surface area contributed by atoms with Crippen molar-refractivity contribution in [3.05, 3.63) is 54.6 Å². The lowest BCUT2D eigenvalue weighted by Crippen LogP contribution is -2.47. The van der Waals surface area contributed by atoms with Crippen LogP contribution in [0.5, 0.6) is 0 Å². The van der Waals surface area contributed by atoms with Gasteiger partial charge in [-0.3, -0.25) is 4.79 Å². The molecule has 1 aromatic carbocycles. The van der Waals surface area contributed by atoms with Gasteiger partial charge < -0.3 is 10.6 Å². The van der Waals surface area contributed by atoms with Crippen molar-refractivity contribution in [1.29, 1.82) is 0 Å². The minimum Gasteiger partial charge on any atom is -0.340 e. The van der Waals surface area contributed by atoms with Gasteiger partial charge in [0.2, 0.25) is 5.91 Å². The van der Waals surface area contributed by atoms with Gasteiger partial charge in [-0.1, -0.05) is 0 Å². The summed E-state index contributed by atoms with van der Waals surface area (Å²) in [6.07, 6.45) is 12.2. The Hall–Kier alpha value is -3.22. The van der Waals surface area contributed by atoms with E-state index in [2.05, 4.69) is 25.7 Å². The van der Waals surface area contributed by atoms with E-state index in [-0.39, 0.29) is 11.3 Å². The SMILES string of the molecule is Cc1nc(Nc2ccc(NC(=O)CC34CC5CC(CC(C5)C3)C4)cc2)cc(-n2cccn2)n1. The molecule has 4 aliphatic rings. The zero-order valence-corrected chi connectivity index (χ0v) is 19.0. The molecule has 2 aromatic heterocycles. The first-order chi connectivity index (χ1) is 16.0. The van der Waals surface area contributed by atoms with Crippen molar-refractivity contribution in [2.75, 3.05) is 10.6 Å². The number of carbonyl (C=O) groups is 1. The van der Waals surface area contributed by atoms with Crippen molar-refractivity contribution >= 4 is 23.1 Å². The van der Waals surface area contributed by atoms with E-state index in [0.717, 1.165) is 29.1 Å². The number of anilines is 3. The summed E-state index contributed by atoms with van der Waals surface area (Å²) in [6, 6.07) is 11.5. The molecule has 1 amide bonds. The number of nitrogens with zero attached hydrogens (tertiary/aromatic N) is 4. The van der Waals surface area contributed by atoms with Crippen LogP contribution in [0, 0.1) is 30.1 Å². The van der Waals surface area contributed by atoms with Crippen LogP contribution in [0.15, 0.2) is 48.8 Å². The molecule has 4 aliphatic carbocycles. The molecule has 3 aromatic rings. The number of nitrogens with one attached hydrogen (secondary N) is 2. The van der Waals surface area contributed by atoms with E-state index in [1.54, 1.807) is 10.9 Å². The summed E-state index contributed by atoms with van der Waals surface area (Å²) in [5.41, 5.74) is 2.00. The average molecular weight is 443 g/mol. The number of aryl methyl sites for hydroxylation is 1. The monoisotopic (exact) mass is 442 g/mol. The Morgan fingerprint density at radius 2 is 1.70 bits per heavy atom. The Kier molecular flexibility index (Phi) is 4.93. The maximum Gasteiger partial charge on any atom is 0.224 e. The van der Waals surface area contributed by atoms with E-state index in [4.69, 9.17) is 0 Å². The predicted octanol–water partition coefficient (Wildman–Crippen LogP) is 5.26. The Morgan fingerprint density at radius 1 is 1.03 bits per heavy atom. The number of benzene rings is 1. The molecule has 2 N–H and O–H groups in total. The van der Waals surface area contributed by atoms with Gasteiger partial charge in [-0.2, -0.15) is 5.10 Å². The summed E-state index contributed by atoms with van der Waals surface area (Å²) >= 11 is 0.